The van der Waals surface area contributed by atoms with Crippen LogP contribution in [0.1, 0.15) is 43.0 Å². The van der Waals surface area contributed by atoms with Gasteiger partial charge in [-0.25, -0.2) is 8.42 Å². The number of nitrogens with zero attached hydrogens (tertiary/aromatic N) is 4. The number of carbonyl (C=O) groups is 2. The fourth-order valence-electron chi connectivity index (χ4n) is 6.46. The minimum Gasteiger partial charge on any atom is -0.321 e. The Morgan fingerprint density at radius 3 is 1.23 bits per heavy atom. The Morgan fingerprint density at radius 1 is 0.491 bits per heavy atom. The van der Waals surface area contributed by atoms with E-state index in [2.05, 4.69) is 9.98 Å². The minimum absolute atomic E-state index is 0.117. The third-order valence-electron chi connectivity index (χ3n) is 9.20. The lowest BCUT2D eigenvalue weighted by Crippen LogP contribution is -2.25. The van der Waals surface area contributed by atoms with Crippen molar-refractivity contribution in [3.63, 3.8) is 0 Å². The molecule has 2 heterocycles. The third kappa shape index (κ3) is 6.66. The molecule has 0 aliphatic carbocycles. The van der Waals surface area contributed by atoms with Crippen molar-refractivity contribution in [2.24, 2.45) is 9.98 Å². The van der Waals surface area contributed by atoms with E-state index in [1.165, 1.54) is 0 Å². The summed E-state index contributed by atoms with van der Waals surface area (Å²) in [7, 11) is -3.90. The van der Waals surface area contributed by atoms with Crippen LogP contribution in [0, 0.1) is 0 Å². The van der Waals surface area contributed by atoms with Gasteiger partial charge in [0.1, 0.15) is 11.7 Å². The van der Waals surface area contributed by atoms with E-state index < -0.39 is 21.7 Å². The number of sulfone groups is 1. The molecule has 6 aromatic carbocycles. The maximum Gasteiger partial charge on any atom is 0.278 e. The summed E-state index contributed by atoms with van der Waals surface area (Å²) in [5, 5.41) is 1.04. The third-order valence-corrected chi connectivity index (χ3v) is 11.5. The largest absolute Gasteiger partial charge is 0.321 e. The normalized spacial score (nSPS) is 15.1. The van der Waals surface area contributed by atoms with E-state index in [0.29, 0.717) is 57.3 Å². The van der Waals surface area contributed by atoms with Crippen LogP contribution in [0.3, 0.4) is 0 Å². The van der Waals surface area contributed by atoms with Crippen molar-refractivity contribution in [2.75, 3.05) is 9.80 Å². The number of carbonyl (C=O) groups excluding carboxylic acids is 2. The topological polar surface area (TPSA) is 99.5 Å². The van der Waals surface area contributed by atoms with Crippen LogP contribution >= 0.6 is 23.2 Å². The van der Waals surface area contributed by atoms with Crippen LogP contribution in [-0.4, -0.2) is 31.9 Å². The summed E-state index contributed by atoms with van der Waals surface area (Å²) in [5.41, 5.74) is 5.83. The zero-order valence-electron chi connectivity index (χ0n) is 27.9. The van der Waals surface area contributed by atoms with E-state index >= 15 is 0 Å². The summed E-state index contributed by atoms with van der Waals surface area (Å²) in [5.74, 6) is 0.137. The van der Waals surface area contributed by atoms with E-state index in [9.17, 15) is 18.0 Å². The number of aliphatic imine (C=N–C) groups is 2. The van der Waals surface area contributed by atoms with Crippen molar-refractivity contribution >= 4 is 67.9 Å². The Morgan fingerprint density at radius 2 is 0.849 bits per heavy atom. The van der Waals surface area contributed by atoms with E-state index in [-0.39, 0.29) is 9.79 Å². The molecule has 6 aromatic rings. The Kier molecular flexibility index (Phi) is 9.00. The van der Waals surface area contributed by atoms with Gasteiger partial charge in [0, 0.05) is 43.7 Å². The fraction of sp³-hybridized carbons (Fsp3) is 0.0476. The predicted molar refractivity (Wildman–Crippen MR) is 208 cm³/mol. The van der Waals surface area contributed by atoms with Crippen molar-refractivity contribution in [1.29, 1.82) is 0 Å². The van der Waals surface area contributed by atoms with Gasteiger partial charge in [-0.2, -0.15) is 9.98 Å². The van der Waals surface area contributed by atoms with Gasteiger partial charge in [-0.1, -0.05) is 71.7 Å². The van der Waals surface area contributed by atoms with Crippen LogP contribution in [0.4, 0.5) is 11.4 Å². The average Bonchev–Trinajstić information content (AvgIpc) is 3.73. The van der Waals surface area contributed by atoms with Gasteiger partial charge < -0.3 is 9.80 Å². The van der Waals surface area contributed by atoms with Gasteiger partial charge in [-0.05, 0) is 108 Å². The summed E-state index contributed by atoms with van der Waals surface area (Å²) < 4.78 is 27.7. The van der Waals surface area contributed by atoms with Crippen molar-refractivity contribution in [1.82, 2.24) is 0 Å². The van der Waals surface area contributed by atoms with Crippen molar-refractivity contribution in [3.8, 4) is 0 Å². The second-order valence-corrected chi connectivity index (χ2v) is 15.3. The monoisotopic (exact) mass is 754 g/mol. The molecule has 2 aliphatic rings. The molecule has 0 atom stereocenters. The maximum atomic E-state index is 13.9. The van der Waals surface area contributed by atoms with Gasteiger partial charge in [0.15, 0.2) is 0 Å². The first-order chi connectivity index (χ1) is 25.7. The summed E-state index contributed by atoms with van der Waals surface area (Å²) in [6.45, 7) is 0.931. The van der Waals surface area contributed by atoms with Crippen molar-refractivity contribution < 1.29 is 18.0 Å². The smallest absolute Gasteiger partial charge is 0.278 e. The Hall–Kier alpha value is -5.87. The molecule has 0 spiro atoms. The zero-order valence-corrected chi connectivity index (χ0v) is 30.2. The highest BCUT2D eigenvalue weighted by Crippen LogP contribution is 2.33. The molecule has 2 amide bonds. The lowest BCUT2D eigenvalue weighted by atomic mass is 10.1. The van der Waals surface area contributed by atoms with Gasteiger partial charge in [0.05, 0.1) is 22.9 Å². The SMILES string of the molecule is O=C(N=C1c2ccccc2CN1c1ccc(S(=O)(=O)c2ccc(N3Cc4ccccc4C3=NC(=O)c3ccc(Cl)cc3)cc2)cc1)c1ccc(Cl)cc1. The molecule has 0 saturated carbocycles. The number of hydrogen-bond acceptors (Lipinski definition) is 4. The molecule has 8 nitrogen and oxygen atoms in total. The number of amides is 2. The molecular weight excluding hydrogens is 727 g/mol. The lowest BCUT2D eigenvalue weighted by Gasteiger charge is -2.20. The van der Waals surface area contributed by atoms with Crippen molar-refractivity contribution in [2.45, 2.75) is 22.9 Å². The molecule has 0 bridgehead atoms. The molecule has 0 unspecified atom stereocenters. The molecule has 11 heteroatoms. The van der Waals surface area contributed by atoms with Crippen LogP contribution in [0.5, 0.6) is 0 Å². The Balaban J connectivity index is 1.05. The van der Waals surface area contributed by atoms with Gasteiger partial charge in [0.25, 0.3) is 11.8 Å². The number of halogens is 2. The number of fused-ring (bicyclic) bond motifs is 2. The quantitative estimate of drug-likeness (QED) is 0.168. The molecule has 0 radical (unpaired) electrons. The molecule has 0 N–H and O–H groups in total. The Labute approximate surface area is 316 Å². The lowest BCUT2D eigenvalue weighted by molar-refractivity contribution is 0.0994. The average molecular weight is 756 g/mol. The summed E-state index contributed by atoms with van der Waals surface area (Å²) in [6, 6.07) is 41.7. The van der Waals surface area contributed by atoms with Crippen LogP contribution < -0.4 is 9.80 Å². The van der Waals surface area contributed by atoms with Gasteiger partial charge in [-0.15, -0.1) is 0 Å². The van der Waals surface area contributed by atoms with Crippen molar-refractivity contribution in [3.05, 3.63) is 189 Å². The second kappa shape index (κ2) is 13.9. The molecule has 0 aromatic heterocycles. The molecule has 260 valence electrons. The van der Waals surface area contributed by atoms with E-state index in [1.54, 1.807) is 97.1 Å². The number of benzene rings is 6. The molecule has 2 aliphatic heterocycles. The van der Waals surface area contributed by atoms with Gasteiger partial charge >= 0.3 is 0 Å². The second-order valence-electron chi connectivity index (χ2n) is 12.5. The fourth-order valence-corrected chi connectivity index (χ4v) is 7.97. The van der Waals surface area contributed by atoms with Crippen LogP contribution in [0.25, 0.3) is 0 Å². The molecule has 0 fully saturated rings. The maximum absolute atomic E-state index is 13.9. The standard InChI is InChI=1S/C42H28Cl2N4O4S/c43-31-13-9-27(10-14-31)41(49)45-39-37-7-3-1-5-29(37)25-47(39)33-17-21-35(22-18-33)53(51,52)36-23-19-34(20-24-36)48-26-30-6-2-4-8-38(30)40(48)46-42(50)28-11-15-32(44)16-12-28/h1-24H,25-26H2. The molecule has 0 saturated heterocycles. The van der Waals surface area contributed by atoms with E-state index in [1.807, 2.05) is 58.3 Å². The first kappa shape index (κ1) is 34.2. The summed E-state index contributed by atoms with van der Waals surface area (Å²) >= 11 is 12.0. The first-order valence-electron chi connectivity index (χ1n) is 16.6. The molecular formula is C42H28Cl2N4O4S. The van der Waals surface area contributed by atoms with Crippen LogP contribution in [0.15, 0.2) is 165 Å². The van der Waals surface area contributed by atoms with Crippen LogP contribution in [0.2, 0.25) is 10.0 Å². The van der Waals surface area contributed by atoms with Gasteiger partial charge in [0.2, 0.25) is 9.84 Å². The molecule has 53 heavy (non-hydrogen) atoms. The van der Waals surface area contributed by atoms with E-state index in [0.717, 1.165) is 22.3 Å². The number of rotatable bonds is 6. The number of hydrogen-bond donors (Lipinski definition) is 0. The zero-order chi connectivity index (χ0) is 36.7. The first-order valence-corrected chi connectivity index (χ1v) is 18.8. The highest BCUT2D eigenvalue weighted by Gasteiger charge is 2.30. The summed E-state index contributed by atoms with van der Waals surface area (Å²) in [6.07, 6.45) is 0. The van der Waals surface area contributed by atoms with Gasteiger partial charge in [-0.3, -0.25) is 9.59 Å². The highest BCUT2D eigenvalue weighted by atomic mass is 35.5. The summed E-state index contributed by atoms with van der Waals surface area (Å²) in [4.78, 5) is 39.4. The predicted octanol–water partition coefficient (Wildman–Crippen LogP) is 9.04. The van der Waals surface area contributed by atoms with Crippen LogP contribution in [-0.2, 0) is 22.9 Å². The number of anilines is 2. The minimum atomic E-state index is -3.90. The van der Waals surface area contributed by atoms with E-state index in [4.69, 9.17) is 23.2 Å². The highest BCUT2D eigenvalue weighted by molar-refractivity contribution is 7.91. The Bertz CT molecular complexity index is 2400. The number of amidine groups is 2. The molecule has 8 rings (SSSR count).